The van der Waals surface area contributed by atoms with E-state index in [-0.39, 0.29) is 18.4 Å². The first-order chi connectivity index (χ1) is 5.65. The molecular weight excluding hydrogens is 186 g/mol. The average Bonchev–Trinajstić information content (AvgIpc) is 2.03. The SMILES string of the molecule is COc1cc(C)ccc1C(C)N.Cl. The zero-order valence-corrected chi connectivity index (χ0v) is 9.02. The highest BCUT2D eigenvalue weighted by molar-refractivity contribution is 5.85. The maximum atomic E-state index is 5.76. The van der Waals surface area contributed by atoms with Crippen LogP contribution in [0.25, 0.3) is 0 Å². The number of ether oxygens (including phenoxy) is 1. The molecule has 0 aliphatic carbocycles. The quantitative estimate of drug-likeness (QED) is 0.798. The van der Waals surface area contributed by atoms with Crippen LogP contribution in [-0.2, 0) is 0 Å². The van der Waals surface area contributed by atoms with Crippen molar-refractivity contribution in [1.29, 1.82) is 0 Å². The van der Waals surface area contributed by atoms with Crippen LogP contribution < -0.4 is 10.5 Å². The van der Waals surface area contributed by atoms with E-state index in [0.717, 1.165) is 11.3 Å². The molecule has 1 aromatic carbocycles. The molecule has 0 radical (unpaired) electrons. The molecule has 0 bridgehead atoms. The number of hydrogen-bond acceptors (Lipinski definition) is 2. The molecule has 0 spiro atoms. The van der Waals surface area contributed by atoms with Crippen LogP contribution in [0.4, 0.5) is 0 Å². The molecule has 0 saturated heterocycles. The van der Waals surface area contributed by atoms with Gasteiger partial charge in [-0.3, -0.25) is 0 Å². The lowest BCUT2D eigenvalue weighted by Gasteiger charge is -2.11. The van der Waals surface area contributed by atoms with Gasteiger partial charge in [0.15, 0.2) is 0 Å². The predicted molar refractivity (Wildman–Crippen MR) is 57.6 cm³/mol. The van der Waals surface area contributed by atoms with Crippen molar-refractivity contribution in [1.82, 2.24) is 0 Å². The van der Waals surface area contributed by atoms with Crippen molar-refractivity contribution in [2.45, 2.75) is 19.9 Å². The molecule has 13 heavy (non-hydrogen) atoms. The van der Waals surface area contributed by atoms with E-state index < -0.39 is 0 Å². The highest BCUT2D eigenvalue weighted by atomic mass is 35.5. The molecule has 0 fully saturated rings. The lowest BCUT2D eigenvalue weighted by Crippen LogP contribution is -2.06. The van der Waals surface area contributed by atoms with Crippen molar-refractivity contribution >= 4 is 12.4 Å². The number of benzene rings is 1. The Morgan fingerprint density at radius 3 is 2.46 bits per heavy atom. The Morgan fingerprint density at radius 1 is 1.38 bits per heavy atom. The van der Waals surface area contributed by atoms with Gasteiger partial charge in [0.1, 0.15) is 5.75 Å². The van der Waals surface area contributed by atoms with E-state index in [1.54, 1.807) is 7.11 Å². The second-order valence-corrected chi connectivity index (χ2v) is 3.03. The third kappa shape index (κ3) is 2.90. The first-order valence-corrected chi connectivity index (χ1v) is 4.05. The summed E-state index contributed by atoms with van der Waals surface area (Å²) in [5, 5.41) is 0. The Labute approximate surface area is 85.5 Å². The summed E-state index contributed by atoms with van der Waals surface area (Å²) in [7, 11) is 1.67. The van der Waals surface area contributed by atoms with Crippen molar-refractivity contribution in [2.24, 2.45) is 5.73 Å². The van der Waals surface area contributed by atoms with Gasteiger partial charge in [-0.15, -0.1) is 12.4 Å². The van der Waals surface area contributed by atoms with E-state index in [0.29, 0.717) is 0 Å². The number of halogens is 1. The van der Waals surface area contributed by atoms with Crippen molar-refractivity contribution < 1.29 is 4.74 Å². The molecule has 1 rings (SSSR count). The second kappa shape index (κ2) is 5.10. The van der Waals surface area contributed by atoms with Gasteiger partial charge in [0.05, 0.1) is 7.11 Å². The van der Waals surface area contributed by atoms with Gasteiger partial charge in [-0.25, -0.2) is 0 Å². The molecule has 0 aliphatic heterocycles. The monoisotopic (exact) mass is 201 g/mol. The van der Waals surface area contributed by atoms with Gasteiger partial charge in [-0.05, 0) is 25.5 Å². The fourth-order valence-corrected chi connectivity index (χ4v) is 1.19. The maximum Gasteiger partial charge on any atom is 0.123 e. The van der Waals surface area contributed by atoms with Gasteiger partial charge in [0.2, 0.25) is 0 Å². The van der Waals surface area contributed by atoms with Gasteiger partial charge in [0, 0.05) is 11.6 Å². The number of nitrogens with two attached hydrogens (primary N) is 1. The minimum atomic E-state index is 0. The number of methoxy groups -OCH3 is 1. The van der Waals surface area contributed by atoms with Gasteiger partial charge in [-0.1, -0.05) is 12.1 Å². The van der Waals surface area contributed by atoms with Crippen molar-refractivity contribution in [3.05, 3.63) is 29.3 Å². The Hall–Kier alpha value is -0.730. The standard InChI is InChI=1S/C10H15NO.ClH/c1-7-4-5-9(8(2)11)10(6-7)12-3;/h4-6,8H,11H2,1-3H3;1H. The minimum absolute atomic E-state index is 0. The van der Waals surface area contributed by atoms with Crippen LogP contribution in [0.1, 0.15) is 24.1 Å². The first-order valence-electron chi connectivity index (χ1n) is 4.05. The molecule has 0 saturated carbocycles. The van der Waals surface area contributed by atoms with Crippen LogP contribution in [-0.4, -0.2) is 7.11 Å². The van der Waals surface area contributed by atoms with Crippen LogP contribution in [0.5, 0.6) is 5.75 Å². The van der Waals surface area contributed by atoms with Crippen molar-refractivity contribution in [3.8, 4) is 5.75 Å². The molecule has 0 amide bonds. The third-order valence-electron chi connectivity index (χ3n) is 1.88. The molecule has 3 heteroatoms. The summed E-state index contributed by atoms with van der Waals surface area (Å²) in [5.74, 6) is 0.880. The van der Waals surface area contributed by atoms with Gasteiger partial charge in [0.25, 0.3) is 0 Å². The van der Waals surface area contributed by atoms with Crippen LogP contribution >= 0.6 is 12.4 Å². The summed E-state index contributed by atoms with van der Waals surface area (Å²) in [4.78, 5) is 0. The number of rotatable bonds is 2. The molecule has 1 atom stereocenters. The topological polar surface area (TPSA) is 35.2 Å². The lowest BCUT2D eigenvalue weighted by atomic mass is 10.1. The maximum absolute atomic E-state index is 5.76. The average molecular weight is 202 g/mol. The molecule has 1 unspecified atom stereocenters. The number of aryl methyl sites for hydroxylation is 1. The fourth-order valence-electron chi connectivity index (χ4n) is 1.19. The highest BCUT2D eigenvalue weighted by Crippen LogP contribution is 2.24. The van der Waals surface area contributed by atoms with E-state index >= 15 is 0 Å². The van der Waals surface area contributed by atoms with Crippen molar-refractivity contribution in [2.75, 3.05) is 7.11 Å². The molecule has 2 nitrogen and oxygen atoms in total. The molecule has 0 heterocycles. The van der Waals surface area contributed by atoms with Gasteiger partial charge in [-0.2, -0.15) is 0 Å². The van der Waals surface area contributed by atoms with E-state index in [1.807, 2.05) is 32.0 Å². The normalized spacial score (nSPS) is 11.7. The summed E-state index contributed by atoms with van der Waals surface area (Å²) in [6.45, 7) is 3.99. The van der Waals surface area contributed by atoms with Gasteiger partial charge >= 0.3 is 0 Å². The Bertz CT molecular complexity index is 274. The molecule has 1 aromatic rings. The van der Waals surface area contributed by atoms with Crippen molar-refractivity contribution in [3.63, 3.8) is 0 Å². The van der Waals surface area contributed by atoms with Crippen LogP contribution in [0, 0.1) is 6.92 Å². The van der Waals surface area contributed by atoms with Gasteiger partial charge < -0.3 is 10.5 Å². The summed E-state index contributed by atoms with van der Waals surface area (Å²) < 4.78 is 5.21. The van der Waals surface area contributed by atoms with Crippen LogP contribution in [0.15, 0.2) is 18.2 Å². The smallest absolute Gasteiger partial charge is 0.123 e. The Kier molecular flexibility index (Phi) is 4.81. The summed E-state index contributed by atoms with van der Waals surface area (Å²) in [6, 6.07) is 6.08. The minimum Gasteiger partial charge on any atom is -0.496 e. The van der Waals surface area contributed by atoms with E-state index in [1.165, 1.54) is 5.56 Å². The molecule has 0 aliphatic rings. The highest BCUT2D eigenvalue weighted by Gasteiger charge is 2.06. The zero-order chi connectivity index (χ0) is 9.14. The third-order valence-corrected chi connectivity index (χ3v) is 1.88. The second-order valence-electron chi connectivity index (χ2n) is 3.03. The van der Waals surface area contributed by atoms with Crippen LogP contribution in [0.3, 0.4) is 0 Å². The largest absolute Gasteiger partial charge is 0.496 e. The molecule has 2 N–H and O–H groups in total. The summed E-state index contributed by atoms with van der Waals surface area (Å²) in [5.41, 5.74) is 8.01. The molecule has 74 valence electrons. The molecule has 0 aromatic heterocycles. The number of hydrogen-bond donors (Lipinski definition) is 1. The van der Waals surface area contributed by atoms with E-state index in [9.17, 15) is 0 Å². The Morgan fingerprint density at radius 2 is 2.00 bits per heavy atom. The Balaban J connectivity index is 0.00000144. The first kappa shape index (κ1) is 12.3. The predicted octanol–water partition coefficient (Wildman–Crippen LogP) is 2.45. The van der Waals surface area contributed by atoms with Crippen LogP contribution in [0.2, 0.25) is 0 Å². The zero-order valence-electron chi connectivity index (χ0n) is 8.20. The van der Waals surface area contributed by atoms with E-state index in [2.05, 4.69) is 0 Å². The summed E-state index contributed by atoms with van der Waals surface area (Å²) >= 11 is 0. The molecular formula is C10H16ClNO. The lowest BCUT2D eigenvalue weighted by molar-refractivity contribution is 0.406. The fraction of sp³-hybridized carbons (Fsp3) is 0.400. The summed E-state index contributed by atoms with van der Waals surface area (Å²) in [6.07, 6.45) is 0. The van der Waals surface area contributed by atoms with E-state index in [4.69, 9.17) is 10.5 Å².